The van der Waals surface area contributed by atoms with Crippen LogP contribution in [-0.2, 0) is 19.5 Å². The van der Waals surface area contributed by atoms with Gasteiger partial charge in [-0.05, 0) is 6.42 Å². The van der Waals surface area contributed by atoms with E-state index >= 15 is 0 Å². The number of carbonyl (C=O) groups is 2. The summed E-state index contributed by atoms with van der Waals surface area (Å²) >= 11 is 0. The summed E-state index contributed by atoms with van der Waals surface area (Å²) in [5, 5.41) is 3.28. The number of fused-ring (bicyclic) bond motifs is 4. The fraction of sp³-hybridized carbons (Fsp3) is 0.778. The van der Waals surface area contributed by atoms with Gasteiger partial charge in [0, 0.05) is 18.5 Å². The standard InChI is InChI=1S/C9H13N3O6S.Na/c1-9-2-5-3-11(6(9)7(13)10-4-9)8(14)12(5)18-19(15,16)17;/h5-6H,2-4H2,1H3,(H,10,13)(H,15,16,17);/q;+1/p-1/t5-,6-,9+;/m1./s1. The second-order valence-electron chi connectivity index (χ2n) is 5.38. The van der Waals surface area contributed by atoms with Gasteiger partial charge in [-0.1, -0.05) is 6.92 Å². The van der Waals surface area contributed by atoms with Gasteiger partial charge >= 0.3 is 35.6 Å². The summed E-state index contributed by atoms with van der Waals surface area (Å²) in [6.07, 6.45) is 0.397. The van der Waals surface area contributed by atoms with Crippen LogP contribution in [0.3, 0.4) is 0 Å². The van der Waals surface area contributed by atoms with E-state index < -0.39 is 33.9 Å². The molecule has 3 amide bonds. The van der Waals surface area contributed by atoms with Crippen LogP contribution in [0.5, 0.6) is 0 Å². The Hall–Kier alpha value is -0.390. The second-order valence-corrected chi connectivity index (χ2v) is 6.34. The minimum Gasteiger partial charge on any atom is -0.724 e. The largest absolute Gasteiger partial charge is 1.00 e. The zero-order valence-corrected chi connectivity index (χ0v) is 13.8. The van der Waals surface area contributed by atoms with Gasteiger partial charge in [0.1, 0.15) is 6.04 Å². The SMILES string of the molecule is C[C@]12CNC(=O)[C@H]1N1C[C@@H](C2)N(OS(=O)(=O)[O-])C1=O.[Na+]. The van der Waals surface area contributed by atoms with Crippen LogP contribution in [0.2, 0.25) is 0 Å². The van der Waals surface area contributed by atoms with Gasteiger partial charge in [-0.25, -0.2) is 13.2 Å². The van der Waals surface area contributed by atoms with Crippen molar-refractivity contribution in [2.45, 2.75) is 25.4 Å². The molecule has 0 spiro atoms. The van der Waals surface area contributed by atoms with Gasteiger partial charge in [-0.15, -0.1) is 0 Å². The Morgan fingerprint density at radius 3 is 2.70 bits per heavy atom. The van der Waals surface area contributed by atoms with Crippen molar-refractivity contribution in [3.8, 4) is 0 Å². The summed E-state index contributed by atoms with van der Waals surface area (Å²) in [5.74, 6) is -0.263. The summed E-state index contributed by atoms with van der Waals surface area (Å²) in [6.45, 7) is 2.44. The second kappa shape index (κ2) is 4.82. The van der Waals surface area contributed by atoms with E-state index in [0.29, 0.717) is 18.0 Å². The maximum Gasteiger partial charge on any atom is 1.00 e. The molecule has 2 bridgehead atoms. The molecular weight excluding hydrogens is 301 g/mol. The van der Waals surface area contributed by atoms with Crippen LogP contribution in [0.4, 0.5) is 4.79 Å². The third-order valence-electron chi connectivity index (χ3n) is 3.93. The first-order chi connectivity index (χ1) is 8.71. The van der Waals surface area contributed by atoms with Crippen LogP contribution >= 0.6 is 0 Å². The van der Waals surface area contributed by atoms with Crippen LogP contribution in [-0.4, -0.2) is 60.0 Å². The van der Waals surface area contributed by atoms with E-state index in [9.17, 15) is 22.6 Å². The molecule has 3 heterocycles. The molecule has 3 rings (SSSR count). The summed E-state index contributed by atoms with van der Waals surface area (Å²) in [4.78, 5) is 25.1. The number of hydrogen-bond donors (Lipinski definition) is 1. The van der Waals surface area contributed by atoms with Crippen molar-refractivity contribution in [3.63, 3.8) is 0 Å². The Bertz CT molecular complexity index is 568. The number of amides is 3. The summed E-state index contributed by atoms with van der Waals surface area (Å²) in [6, 6.07) is -1.93. The van der Waals surface area contributed by atoms with E-state index in [1.807, 2.05) is 6.92 Å². The summed E-state index contributed by atoms with van der Waals surface area (Å²) < 4.78 is 36.1. The molecule has 0 aromatic rings. The van der Waals surface area contributed by atoms with E-state index in [4.69, 9.17) is 0 Å². The van der Waals surface area contributed by atoms with Gasteiger partial charge in [0.2, 0.25) is 16.3 Å². The number of piperidine rings is 1. The number of carbonyl (C=O) groups excluding carboxylic acids is 2. The summed E-state index contributed by atoms with van der Waals surface area (Å²) in [5.41, 5.74) is -0.472. The van der Waals surface area contributed by atoms with Gasteiger partial charge in [-0.2, -0.15) is 9.35 Å². The Kier molecular flexibility index (Phi) is 3.85. The smallest absolute Gasteiger partial charge is 0.724 e. The quantitative estimate of drug-likeness (QED) is 0.311. The first kappa shape index (κ1) is 16.0. The average Bonchev–Trinajstić information content (AvgIpc) is 2.69. The molecule has 0 unspecified atom stereocenters. The van der Waals surface area contributed by atoms with Gasteiger partial charge < -0.3 is 14.8 Å². The number of rotatable bonds is 2. The molecule has 11 heteroatoms. The minimum atomic E-state index is -5.01. The summed E-state index contributed by atoms with van der Waals surface area (Å²) in [7, 11) is -5.01. The van der Waals surface area contributed by atoms with Crippen LogP contribution < -0.4 is 34.9 Å². The number of hydrogen-bond acceptors (Lipinski definition) is 6. The van der Waals surface area contributed by atoms with Crippen molar-refractivity contribution < 1.29 is 56.4 Å². The third kappa shape index (κ3) is 2.34. The molecule has 20 heavy (non-hydrogen) atoms. The number of urea groups is 1. The van der Waals surface area contributed by atoms with Crippen LogP contribution in [0, 0.1) is 5.41 Å². The van der Waals surface area contributed by atoms with Gasteiger partial charge in [-0.3, -0.25) is 4.79 Å². The average molecular weight is 313 g/mol. The Morgan fingerprint density at radius 1 is 1.45 bits per heavy atom. The maximum absolute atomic E-state index is 12.0. The number of nitrogens with one attached hydrogen (secondary N) is 1. The molecule has 3 atom stereocenters. The van der Waals surface area contributed by atoms with Gasteiger partial charge in [0.25, 0.3) is 0 Å². The van der Waals surface area contributed by atoms with Crippen LogP contribution in [0.15, 0.2) is 0 Å². The molecule has 0 saturated carbocycles. The molecule has 3 aliphatic rings. The molecule has 0 aromatic carbocycles. The van der Waals surface area contributed by atoms with Gasteiger partial charge in [0.15, 0.2) is 0 Å². The topological polar surface area (TPSA) is 119 Å². The molecule has 1 N–H and O–H groups in total. The van der Waals surface area contributed by atoms with E-state index in [1.54, 1.807) is 0 Å². The Labute approximate surface area is 137 Å². The van der Waals surface area contributed by atoms with Crippen LogP contribution in [0.1, 0.15) is 13.3 Å². The molecule has 0 radical (unpaired) electrons. The maximum atomic E-state index is 12.0. The zero-order chi connectivity index (χ0) is 14.0. The van der Waals surface area contributed by atoms with E-state index in [0.717, 1.165) is 0 Å². The van der Waals surface area contributed by atoms with Crippen molar-refractivity contribution in [2.75, 3.05) is 13.1 Å². The number of nitrogens with zero attached hydrogens (tertiary/aromatic N) is 2. The third-order valence-corrected chi connectivity index (χ3v) is 4.28. The van der Waals surface area contributed by atoms with Crippen molar-refractivity contribution in [3.05, 3.63) is 0 Å². The first-order valence-corrected chi connectivity index (χ1v) is 7.08. The van der Waals surface area contributed by atoms with Crippen molar-refractivity contribution in [1.82, 2.24) is 15.3 Å². The molecule has 3 aliphatic heterocycles. The molecule has 106 valence electrons. The van der Waals surface area contributed by atoms with E-state index in [2.05, 4.69) is 9.60 Å². The molecule has 3 saturated heterocycles. The fourth-order valence-electron chi connectivity index (χ4n) is 3.26. The monoisotopic (exact) mass is 313 g/mol. The zero-order valence-electron chi connectivity index (χ0n) is 11.0. The molecule has 0 aliphatic carbocycles. The Morgan fingerprint density at radius 2 is 2.10 bits per heavy atom. The van der Waals surface area contributed by atoms with Gasteiger partial charge in [0.05, 0.1) is 6.04 Å². The normalized spacial score (nSPS) is 35.7. The fourth-order valence-corrected chi connectivity index (χ4v) is 3.64. The molecule has 0 aromatic heterocycles. The van der Waals surface area contributed by atoms with E-state index in [-0.39, 0.29) is 42.0 Å². The first-order valence-electron chi connectivity index (χ1n) is 5.74. The molecule has 3 fully saturated rings. The van der Waals surface area contributed by atoms with Crippen LogP contribution in [0.25, 0.3) is 0 Å². The van der Waals surface area contributed by atoms with E-state index in [1.165, 1.54) is 4.90 Å². The molecule has 9 nitrogen and oxygen atoms in total. The van der Waals surface area contributed by atoms with Crippen molar-refractivity contribution in [1.29, 1.82) is 0 Å². The predicted octanol–water partition coefficient (Wildman–Crippen LogP) is -4.60. The van der Waals surface area contributed by atoms with Crippen molar-refractivity contribution >= 4 is 22.3 Å². The molecular formula is C9H12N3NaO6S. The minimum absolute atomic E-state index is 0. The van der Waals surface area contributed by atoms with Crippen molar-refractivity contribution in [2.24, 2.45) is 5.41 Å². The Balaban J connectivity index is 0.00000147. The predicted molar refractivity (Wildman–Crippen MR) is 58.0 cm³/mol. The number of hydroxylamine groups is 2.